The number of benzene rings is 1. The summed E-state index contributed by atoms with van der Waals surface area (Å²) >= 11 is 0. The number of amides is 2. The minimum Gasteiger partial charge on any atom is -0.379 e. The molecule has 1 saturated heterocycles. The van der Waals surface area contributed by atoms with E-state index in [2.05, 4.69) is 10.2 Å². The average Bonchev–Trinajstić information content (AvgIpc) is 2.73. The standard InChI is InChI=1S/C16H18NO3Si/c18-14-12-6-1-2-7-13(12)15(19)17(14)10-5-9-16(21)8-3-4-11-20-16/h1-2,6-7H,3-5,8-11H2. The predicted molar refractivity (Wildman–Crippen MR) is 79.3 cm³/mol. The molecule has 2 aliphatic heterocycles. The number of carbonyl (C=O) groups is 2. The first-order chi connectivity index (χ1) is 10.1. The summed E-state index contributed by atoms with van der Waals surface area (Å²) in [6.45, 7) is 1.22. The van der Waals surface area contributed by atoms with E-state index in [4.69, 9.17) is 4.74 Å². The van der Waals surface area contributed by atoms with E-state index >= 15 is 0 Å². The van der Waals surface area contributed by atoms with Gasteiger partial charge in [-0.1, -0.05) is 12.1 Å². The molecule has 0 bridgehead atoms. The van der Waals surface area contributed by atoms with Crippen LogP contribution in [-0.4, -0.2) is 45.3 Å². The maximum Gasteiger partial charge on any atom is 0.261 e. The maximum absolute atomic E-state index is 12.2. The summed E-state index contributed by atoms with van der Waals surface area (Å²) in [5.74, 6) is -0.355. The number of nitrogens with zero attached hydrogens (tertiary/aromatic N) is 1. The van der Waals surface area contributed by atoms with E-state index in [1.165, 1.54) is 4.90 Å². The fourth-order valence-corrected chi connectivity index (χ4v) is 3.47. The summed E-state index contributed by atoms with van der Waals surface area (Å²) in [5, 5.41) is -0.281. The first-order valence-corrected chi connectivity index (χ1v) is 7.95. The number of fused-ring (bicyclic) bond motifs is 1. The number of ether oxygens (including phenoxy) is 1. The molecule has 1 aromatic rings. The lowest BCUT2D eigenvalue weighted by atomic mass is 10.0. The maximum atomic E-state index is 12.2. The molecular weight excluding hydrogens is 282 g/mol. The number of rotatable bonds is 4. The van der Waals surface area contributed by atoms with Crippen LogP contribution in [0.15, 0.2) is 24.3 Å². The lowest BCUT2D eigenvalue weighted by Crippen LogP contribution is -2.38. The van der Waals surface area contributed by atoms with Crippen LogP contribution in [0.4, 0.5) is 0 Å². The monoisotopic (exact) mass is 300 g/mol. The van der Waals surface area contributed by atoms with Crippen molar-refractivity contribution in [2.45, 2.75) is 37.3 Å². The van der Waals surface area contributed by atoms with Crippen molar-refractivity contribution in [2.75, 3.05) is 13.2 Å². The average molecular weight is 300 g/mol. The highest BCUT2D eigenvalue weighted by Crippen LogP contribution is 2.28. The Bertz CT molecular complexity index is 531. The molecule has 1 unspecified atom stereocenters. The summed E-state index contributed by atoms with van der Waals surface area (Å²) in [5.41, 5.74) is 1.04. The van der Waals surface area contributed by atoms with Crippen LogP contribution in [0.2, 0.25) is 0 Å². The Kier molecular flexibility index (Phi) is 3.95. The van der Waals surface area contributed by atoms with Crippen molar-refractivity contribution < 1.29 is 14.3 Å². The van der Waals surface area contributed by atoms with E-state index in [-0.39, 0.29) is 17.0 Å². The van der Waals surface area contributed by atoms with E-state index in [9.17, 15) is 9.59 Å². The van der Waals surface area contributed by atoms with E-state index in [0.29, 0.717) is 17.7 Å². The van der Waals surface area contributed by atoms with Crippen molar-refractivity contribution in [1.82, 2.24) is 4.90 Å². The van der Waals surface area contributed by atoms with Crippen LogP contribution >= 0.6 is 0 Å². The number of imide groups is 1. The molecule has 2 amide bonds. The van der Waals surface area contributed by atoms with Gasteiger partial charge in [0.15, 0.2) is 0 Å². The van der Waals surface area contributed by atoms with Crippen LogP contribution < -0.4 is 0 Å². The minimum absolute atomic E-state index is 0.178. The third kappa shape index (κ3) is 2.80. The largest absolute Gasteiger partial charge is 0.379 e. The van der Waals surface area contributed by atoms with Gasteiger partial charge in [0.1, 0.15) is 0 Å². The number of hydrogen-bond donors (Lipinski definition) is 0. The Morgan fingerprint density at radius 1 is 1.14 bits per heavy atom. The molecule has 21 heavy (non-hydrogen) atoms. The summed E-state index contributed by atoms with van der Waals surface area (Å²) < 4.78 is 5.77. The Hall–Kier alpha value is -1.46. The van der Waals surface area contributed by atoms with Crippen molar-refractivity contribution in [1.29, 1.82) is 0 Å². The van der Waals surface area contributed by atoms with Crippen LogP contribution in [-0.2, 0) is 4.74 Å². The Morgan fingerprint density at radius 2 is 1.81 bits per heavy atom. The molecule has 1 atom stereocenters. The topological polar surface area (TPSA) is 46.6 Å². The van der Waals surface area contributed by atoms with Crippen LogP contribution in [0.5, 0.6) is 0 Å². The van der Waals surface area contributed by atoms with Gasteiger partial charge in [-0.25, -0.2) is 0 Å². The summed E-state index contributed by atoms with van der Waals surface area (Å²) in [6.07, 6.45) is 4.78. The summed E-state index contributed by atoms with van der Waals surface area (Å²) in [4.78, 5) is 25.8. The fraction of sp³-hybridized carbons (Fsp3) is 0.500. The van der Waals surface area contributed by atoms with Crippen LogP contribution in [0, 0.1) is 0 Å². The Labute approximate surface area is 127 Å². The number of hydrogen-bond acceptors (Lipinski definition) is 3. The zero-order valence-electron chi connectivity index (χ0n) is 11.9. The van der Waals surface area contributed by atoms with E-state index < -0.39 is 0 Å². The molecular formula is C16H18NO3Si. The lowest BCUT2D eigenvalue weighted by molar-refractivity contribution is -0.0245. The molecule has 5 heteroatoms. The van der Waals surface area contributed by atoms with Gasteiger partial charge in [-0.2, -0.15) is 0 Å². The molecule has 1 fully saturated rings. The van der Waals surface area contributed by atoms with Crippen molar-refractivity contribution in [3.8, 4) is 0 Å². The zero-order valence-corrected chi connectivity index (χ0v) is 12.9. The summed E-state index contributed by atoms with van der Waals surface area (Å²) in [6, 6.07) is 7.00. The number of carbonyl (C=O) groups excluding carboxylic acids is 2. The zero-order chi connectivity index (χ0) is 14.9. The smallest absolute Gasteiger partial charge is 0.261 e. The third-order valence-electron chi connectivity index (χ3n) is 4.19. The molecule has 0 saturated carbocycles. The quantitative estimate of drug-likeness (QED) is 0.632. The van der Waals surface area contributed by atoms with E-state index in [1.54, 1.807) is 24.3 Å². The van der Waals surface area contributed by atoms with Gasteiger partial charge >= 0.3 is 0 Å². The van der Waals surface area contributed by atoms with Crippen molar-refractivity contribution >= 4 is 22.1 Å². The highest BCUT2D eigenvalue weighted by Gasteiger charge is 2.35. The highest BCUT2D eigenvalue weighted by molar-refractivity contribution is 6.21. The predicted octanol–water partition coefficient (Wildman–Crippen LogP) is 2.13. The molecule has 4 nitrogen and oxygen atoms in total. The van der Waals surface area contributed by atoms with Gasteiger partial charge in [0.25, 0.3) is 11.8 Å². The molecule has 109 valence electrons. The first-order valence-electron chi connectivity index (χ1n) is 7.45. The minimum atomic E-state index is -0.281. The molecule has 1 aromatic carbocycles. The van der Waals surface area contributed by atoms with Gasteiger partial charge in [-0.05, 0) is 44.2 Å². The van der Waals surface area contributed by atoms with Gasteiger partial charge in [-0.3, -0.25) is 14.5 Å². The van der Waals surface area contributed by atoms with Gasteiger partial charge in [-0.15, -0.1) is 0 Å². The Balaban J connectivity index is 1.60. The second kappa shape index (κ2) is 5.73. The van der Waals surface area contributed by atoms with Gasteiger partial charge in [0, 0.05) is 13.2 Å². The molecule has 2 heterocycles. The molecule has 0 aliphatic carbocycles. The summed E-state index contributed by atoms with van der Waals surface area (Å²) in [7, 11) is 3.71. The van der Waals surface area contributed by atoms with Crippen molar-refractivity contribution in [3.63, 3.8) is 0 Å². The molecule has 3 rings (SSSR count). The Morgan fingerprint density at radius 3 is 2.38 bits per heavy atom. The second-order valence-electron chi connectivity index (χ2n) is 5.71. The fourth-order valence-electron chi connectivity index (χ4n) is 3.01. The van der Waals surface area contributed by atoms with E-state index in [1.807, 2.05) is 0 Å². The molecule has 3 radical (unpaired) electrons. The highest BCUT2D eigenvalue weighted by atomic mass is 28.1. The second-order valence-corrected chi connectivity index (χ2v) is 6.62. The van der Waals surface area contributed by atoms with Gasteiger partial charge in [0.2, 0.25) is 0 Å². The molecule has 0 aromatic heterocycles. The van der Waals surface area contributed by atoms with Crippen LogP contribution in [0.25, 0.3) is 0 Å². The molecule has 0 spiro atoms. The molecule has 2 aliphatic rings. The van der Waals surface area contributed by atoms with Crippen molar-refractivity contribution in [2.24, 2.45) is 0 Å². The SMILES string of the molecule is O=C1c2ccccc2C(=O)N1CCCC1([Si])CCCCO1. The molecule has 0 N–H and O–H groups in total. The van der Waals surface area contributed by atoms with Crippen molar-refractivity contribution in [3.05, 3.63) is 35.4 Å². The lowest BCUT2D eigenvalue weighted by Gasteiger charge is -2.34. The first kappa shape index (κ1) is 14.5. The third-order valence-corrected chi connectivity index (χ3v) is 4.84. The van der Waals surface area contributed by atoms with Gasteiger partial charge < -0.3 is 4.74 Å². The normalized spacial score (nSPS) is 25.3. The van der Waals surface area contributed by atoms with Gasteiger partial charge in [0.05, 0.1) is 26.6 Å². The van der Waals surface area contributed by atoms with E-state index in [0.717, 1.165) is 38.7 Å². The van der Waals surface area contributed by atoms with Crippen LogP contribution in [0.3, 0.4) is 0 Å². The van der Waals surface area contributed by atoms with Crippen LogP contribution in [0.1, 0.15) is 52.8 Å².